The number of rotatable bonds is 3. The van der Waals surface area contributed by atoms with Crippen LogP contribution in [0.15, 0.2) is 51.7 Å². The number of esters is 1. The van der Waals surface area contributed by atoms with E-state index in [2.05, 4.69) is 0 Å². The highest BCUT2D eigenvalue weighted by molar-refractivity contribution is 6.30. The van der Waals surface area contributed by atoms with Crippen molar-refractivity contribution in [2.75, 3.05) is 0 Å². The smallest absolute Gasteiger partial charge is 0.316 e. The second kappa shape index (κ2) is 7.20. The van der Waals surface area contributed by atoms with Gasteiger partial charge in [0.15, 0.2) is 5.76 Å². The Balaban J connectivity index is 2.28. The zero-order valence-electron chi connectivity index (χ0n) is 15.8. The lowest BCUT2D eigenvalue weighted by atomic mass is 9.97. The van der Waals surface area contributed by atoms with Gasteiger partial charge in [-0.1, -0.05) is 24.6 Å². The predicted octanol–water partition coefficient (Wildman–Crippen LogP) is 5.63. The number of fused-ring (bicyclic) bond motifs is 1. The molecule has 0 fully saturated rings. The summed E-state index contributed by atoms with van der Waals surface area (Å²) in [5.74, 6) is -0.389. The van der Waals surface area contributed by atoms with Gasteiger partial charge in [0.25, 0.3) is 0 Å². The van der Waals surface area contributed by atoms with E-state index in [1.54, 1.807) is 57.2 Å². The summed E-state index contributed by atoms with van der Waals surface area (Å²) < 4.78 is 11.5. The van der Waals surface area contributed by atoms with Crippen LogP contribution in [-0.2, 0) is 11.2 Å². The quantitative estimate of drug-likeness (QED) is 0.549. The summed E-state index contributed by atoms with van der Waals surface area (Å²) in [6.45, 7) is 7.20. The number of carbonyl (C=O) groups excluding carboxylic acids is 1. The third-order valence-corrected chi connectivity index (χ3v) is 4.49. The molecule has 3 rings (SSSR count). The van der Waals surface area contributed by atoms with Crippen molar-refractivity contribution in [1.82, 2.24) is 0 Å². The fraction of sp³-hybridized carbons (Fsp3) is 0.273. The van der Waals surface area contributed by atoms with E-state index in [4.69, 9.17) is 20.8 Å². The second-order valence-electron chi connectivity index (χ2n) is 7.42. The number of carbonyl (C=O) groups is 1. The topological polar surface area (TPSA) is 56.5 Å². The normalized spacial score (nSPS) is 11.6. The van der Waals surface area contributed by atoms with E-state index in [0.717, 1.165) is 12.0 Å². The van der Waals surface area contributed by atoms with E-state index in [0.29, 0.717) is 21.6 Å². The van der Waals surface area contributed by atoms with Crippen LogP contribution in [0.4, 0.5) is 0 Å². The van der Waals surface area contributed by atoms with Crippen LogP contribution in [0.1, 0.15) is 33.3 Å². The monoisotopic (exact) mass is 384 g/mol. The Morgan fingerprint density at radius 2 is 1.78 bits per heavy atom. The summed E-state index contributed by atoms with van der Waals surface area (Å²) in [6.07, 6.45) is 0.783. The Morgan fingerprint density at radius 1 is 1.11 bits per heavy atom. The third kappa shape index (κ3) is 3.91. The molecule has 0 bridgehead atoms. The molecule has 1 heterocycles. The second-order valence-corrected chi connectivity index (χ2v) is 7.86. The Kier molecular flexibility index (Phi) is 5.11. The SMILES string of the molecule is CCc1ccc2oc(-c3ccc(Cl)cc3)c(OC(=O)C(C)(C)C)c(=O)c2c1. The molecule has 0 saturated heterocycles. The Bertz CT molecular complexity index is 1060. The molecule has 0 N–H and O–H groups in total. The van der Waals surface area contributed by atoms with Gasteiger partial charge in [0, 0.05) is 10.6 Å². The zero-order valence-corrected chi connectivity index (χ0v) is 16.5. The predicted molar refractivity (Wildman–Crippen MR) is 107 cm³/mol. The summed E-state index contributed by atoms with van der Waals surface area (Å²) in [7, 11) is 0. The molecular weight excluding hydrogens is 364 g/mol. The first-order valence-electron chi connectivity index (χ1n) is 8.78. The molecule has 5 heteroatoms. The van der Waals surface area contributed by atoms with Gasteiger partial charge >= 0.3 is 5.97 Å². The first kappa shape index (κ1) is 19.2. The van der Waals surface area contributed by atoms with Crippen molar-refractivity contribution >= 4 is 28.5 Å². The van der Waals surface area contributed by atoms with Gasteiger partial charge in [-0.05, 0) is 69.2 Å². The van der Waals surface area contributed by atoms with Crippen molar-refractivity contribution in [1.29, 1.82) is 0 Å². The Morgan fingerprint density at radius 3 is 2.37 bits per heavy atom. The van der Waals surface area contributed by atoms with Crippen LogP contribution in [0.25, 0.3) is 22.3 Å². The fourth-order valence-corrected chi connectivity index (χ4v) is 2.70. The van der Waals surface area contributed by atoms with Crippen molar-refractivity contribution in [3.8, 4) is 17.1 Å². The number of halogens is 1. The highest BCUT2D eigenvalue weighted by atomic mass is 35.5. The molecule has 0 unspecified atom stereocenters. The highest BCUT2D eigenvalue weighted by Gasteiger charge is 2.28. The number of ether oxygens (including phenoxy) is 1. The van der Waals surface area contributed by atoms with Gasteiger partial charge in [0.2, 0.25) is 11.2 Å². The summed E-state index contributed by atoms with van der Waals surface area (Å²) in [5.41, 5.74) is 0.924. The Hall–Kier alpha value is -2.59. The molecule has 0 spiro atoms. The number of aryl methyl sites for hydroxylation is 1. The minimum atomic E-state index is -0.760. The van der Waals surface area contributed by atoms with Gasteiger partial charge in [-0.15, -0.1) is 0 Å². The molecule has 0 radical (unpaired) electrons. The van der Waals surface area contributed by atoms with Crippen LogP contribution in [-0.4, -0.2) is 5.97 Å². The highest BCUT2D eigenvalue weighted by Crippen LogP contribution is 2.33. The molecule has 0 saturated carbocycles. The lowest BCUT2D eigenvalue weighted by Gasteiger charge is -2.17. The van der Waals surface area contributed by atoms with E-state index in [9.17, 15) is 9.59 Å². The van der Waals surface area contributed by atoms with Crippen LogP contribution < -0.4 is 10.2 Å². The van der Waals surface area contributed by atoms with Gasteiger partial charge in [0.1, 0.15) is 5.58 Å². The van der Waals surface area contributed by atoms with Crippen LogP contribution >= 0.6 is 11.6 Å². The maximum Gasteiger partial charge on any atom is 0.316 e. The summed E-state index contributed by atoms with van der Waals surface area (Å²) >= 11 is 5.97. The van der Waals surface area contributed by atoms with Gasteiger partial charge < -0.3 is 9.15 Å². The standard InChI is InChI=1S/C22H21ClO4/c1-5-13-6-11-17-16(12-13)18(24)20(27-21(25)22(2,3)4)19(26-17)14-7-9-15(23)10-8-14/h6-12H,5H2,1-4H3. The molecule has 27 heavy (non-hydrogen) atoms. The van der Waals surface area contributed by atoms with E-state index >= 15 is 0 Å². The molecule has 0 aliphatic carbocycles. The minimum Gasteiger partial charge on any atom is -0.452 e. The number of hydrogen-bond donors (Lipinski definition) is 0. The van der Waals surface area contributed by atoms with Crippen LogP contribution in [0.3, 0.4) is 0 Å². The summed E-state index contributed by atoms with van der Waals surface area (Å²) in [5, 5.41) is 0.950. The van der Waals surface area contributed by atoms with Crippen LogP contribution in [0.2, 0.25) is 5.02 Å². The summed E-state index contributed by atoms with van der Waals surface area (Å²) in [4.78, 5) is 25.6. The first-order valence-corrected chi connectivity index (χ1v) is 9.16. The first-order chi connectivity index (χ1) is 12.7. The molecule has 4 nitrogen and oxygen atoms in total. The lowest BCUT2D eigenvalue weighted by Crippen LogP contribution is -2.28. The molecule has 0 aliphatic heterocycles. The molecule has 3 aromatic rings. The van der Waals surface area contributed by atoms with Crippen molar-refractivity contribution in [2.24, 2.45) is 5.41 Å². The molecule has 0 amide bonds. The molecule has 0 aliphatic rings. The maximum atomic E-state index is 13.2. The fourth-order valence-electron chi connectivity index (χ4n) is 2.58. The summed E-state index contributed by atoms with van der Waals surface area (Å²) in [6, 6.07) is 12.3. The van der Waals surface area contributed by atoms with Crippen molar-refractivity contribution in [2.45, 2.75) is 34.1 Å². The molecular formula is C22H21ClO4. The average Bonchev–Trinajstić information content (AvgIpc) is 2.63. The molecule has 1 aromatic heterocycles. The van der Waals surface area contributed by atoms with Crippen molar-refractivity contribution in [3.63, 3.8) is 0 Å². The molecule has 140 valence electrons. The van der Waals surface area contributed by atoms with Crippen LogP contribution in [0.5, 0.6) is 5.75 Å². The lowest BCUT2D eigenvalue weighted by molar-refractivity contribution is -0.143. The largest absolute Gasteiger partial charge is 0.452 e. The van der Waals surface area contributed by atoms with Gasteiger partial charge in [-0.25, -0.2) is 0 Å². The molecule has 0 atom stereocenters. The minimum absolute atomic E-state index is 0.0991. The zero-order chi connectivity index (χ0) is 19.8. The Labute approximate surface area is 162 Å². The number of benzene rings is 2. The molecule has 2 aromatic carbocycles. The van der Waals surface area contributed by atoms with Gasteiger partial charge in [-0.3, -0.25) is 9.59 Å². The third-order valence-electron chi connectivity index (χ3n) is 4.23. The van der Waals surface area contributed by atoms with Gasteiger partial charge in [0.05, 0.1) is 10.8 Å². The average molecular weight is 385 g/mol. The van der Waals surface area contributed by atoms with Crippen LogP contribution in [0, 0.1) is 5.41 Å². The van der Waals surface area contributed by atoms with E-state index in [1.807, 2.05) is 13.0 Å². The van der Waals surface area contributed by atoms with Gasteiger partial charge in [-0.2, -0.15) is 0 Å². The number of hydrogen-bond acceptors (Lipinski definition) is 4. The maximum absolute atomic E-state index is 13.2. The van der Waals surface area contributed by atoms with Crippen molar-refractivity contribution in [3.05, 3.63) is 63.3 Å². The van der Waals surface area contributed by atoms with E-state index < -0.39 is 11.4 Å². The van der Waals surface area contributed by atoms with E-state index in [1.165, 1.54) is 0 Å². The van der Waals surface area contributed by atoms with E-state index in [-0.39, 0.29) is 16.9 Å². The van der Waals surface area contributed by atoms with Crippen molar-refractivity contribution < 1.29 is 13.9 Å².